The molecule has 0 radical (unpaired) electrons. The van der Waals surface area contributed by atoms with Crippen molar-refractivity contribution in [2.24, 2.45) is 0 Å². The van der Waals surface area contributed by atoms with Crippen LogP contribution in [0.3, 0.4) is 0 Å². The Hall–Kier alpha value is -2.94. The van der Waals surface area contributed by atoms with Crippen molar-refractivity contribution in [2.75, 3.05) is 0 Å². The molecule has 12 nitrogen and oxygen atoms in total. The van der Waals surface area contributed by atoms with E-state index in [1.54, 1.807) is 0 Å². The molecular weight excluding hydrogens is 468 g/mol. The van der Waals surface area contributed by atoms with Crippen LogP contribution in [0.25, 0.3) is 0 Å². The second-order valence-electron chi connectivity index (χ2n) is 7.46. The molecule has 2 aromatic carbocycles. The lowest BCUT2D eigenvalue weighted by Crippen LogP contribution is -2.17. The third-order valence-corrected chi connectivity index (χ3v) is 7.43. The molecule has 32 heavy (non-hydrogen) atoms. The van der Waals surface area contributed by atoms with Crippen LogP contribution in [-0.4, -0.2) is 35.8 Å². The maximum Gasteiger partial charge on any atom is 0.294 e. The fourth-order valence-corrected chi connectivity index (χ4v) is 5.65. The van der Waals surface area contributed by atoms with E-state index in [4.69, 9.17) is 0 Å². The summed E-state index contributed by atoms with van der Waals surface area (Å²) in [4.78, 5) is 20.0. The van der Waals surface area contributed by atoms with Crippen LogP contribution >= 0.6 is 0 Å². The van der Waals surface area contributed by atoms with E-state index in [1.807, 2.05) is 0 Å². The third-order valence-electron chi connectivity index (χ3n) is 5.57. The van der Waals surface area contributed by atoms with Gasteiger partial charge in [-0.3, -0.25) is 29.3 Å². The first-order valence-corrected chi connectivity index (χ1v) is 12.2. The van der Waals surface area contributed by atoms with Crippen molar-refractivity contribution in [1.29, 1.82) is 0 Å². The first-order chi connectivity index (χ1) is 14.8. The summed E-state index contributed by atoms with van der Waals surface area (Å²) in [6.45, 7) is 0. The molecule has 3 rings (SSSR count). The molecule has 1 aliphatic rings. The summed E-state index contributed by atoms with van der Waals surface area (Å²) in [7, 11) is -9.28. The normalized spacial score (nSPS) is 19.4. The van der Waals surface area contributed by atoms with Crippen molar-refractivity contribution >= 4 is 31.6 Å². The summed E-state index contributed by atoms with van der Waals surface area (Å²) in [5.41, 5.74) is -0.535. The molecule has 1 saturated carbocycles. The number of non-ortho nitro benzene ring substituents is 2. The van der Waals surface area contributed by atoms with Gasteiger partial charge >= 0.3 is 0 Å². The van der Waals surface area contributed by atoms with E-state index in [0.717, 1.165) is 36.4 Å². The molecule has 0 aliphatic heterocycles. The Morgan fingerprint density at radius 3 is 1.25 bits per heavy atom. The van der Waals surface area contributed by atoms with E-state index in [-0.39, 0.29) is 48.2 Å². The van der Waals surface area contributed by atoms with Crippen LogP contribution in [-0.2, 0) is 20.2 Å². The van der Waals surface area contributed by atoms with Crippen molar-refractivity contribution in [2.45, 2.75) is 47.3 Å². The maximum atomic E-state index is 11.7. The largest absolute Gasteiger partial charge is 0.294 e. The second-order valence-corrected chi connectivity index (χ2v) is 10.2. The van der Waals surface area contributed by atoms with Gasteiger partial charge in [0.1, 0.15) is 0 Å². The molecule has 0 aromatic heterocycles. The van der Waals surface area contributed by atoms with Crippen LogP contribution < -0.4 is 0 Å². The average molecular weight is 486 g/mol. The van der Waals surface area contributed by atoms with Crippen molar-refractivity contribution in [3.05, 3.63) is 67.8 Å². The van der Waals surface area contributed by atoms with E-state index in [2.05, 4.69) is 0 Å². The Kier molecular flexibility index (Phi) is 6.33. The molecule has 2 N–H and O–H groups in total. The van der Waals surface area contributed by atoms with Gasteiger partial charge in [0.25, 0.3) is 31.6 Å². The van der Waals surface area contributed by atoms with Gasteiger partial charge < -0.3 is 0 Å². The van der Waals surface area contributed by atoms with Crippen LogP contribution in [0.2, 0.25) is 0 Å². The molecule has 2 aromatic rings. The highest BCUT2D eigenvalue weighted by Gasteiger charge is 2.32. The Morgan fingerprint density at radius 2 is 1.00 bits per heavy atom. The van der Waals surface area contributed by atoms with E-state index >= 15 is 0 Å². The van der Waals surface area contributed by atoms with Gasteiger partial charge in [0.15, 0.2) is 0 Å². The highest BCUT2D eigenvalue weighted by atomic mass is 32.2. The zero-order chi connectivity index (χ0) is 23.8. The van der Waals surface area contributed by atoms with Gasteiger partial charge in [-0.1, -0.05) is 0 Å². The topological polar surface area (TPSA) is 195 Å². The Labute approximate surface area is 182 Å². The van der Waals surface area contributed by atoms with Gasteiger partial charge in [-0.2, -0.15) is 16.8 Å². The molecule has 14 heteroatoms. The number of nitro groups is 2. The number of hydrogen-bond acceptors (Lipinski definition) is 8. The minimum Gasteiger partial charge on any atom is -0.282 e. The van der Waals surface area contributed by atoms with Gasteiger partial charge in [-0.05, 0) is 60.8 Å². The molecule has 0 spiro atoms. The minimum absolute atomic E-state index is 0.0780. The first-order valence-electron chi connectivity index (χ1n) is 9.30. The standard InChI is InChI=1S/C18H18N2O10S2/c21-19(22)13-5-7-17(31(25,26)27)15(9-13)11-1-2-12(4-3-11)16-10-14(20(23)24)6-8-18(16)32(28,29)30/h5-12H,1-4H2,(H,25,26,27)(H,28,29,30). The smallest absolute Gasteiger partial charge is 0.282 e. The van der Waals surface area contributed by atoms with Crippen LogP contribution in [0, 0.1) is 20.2 Å². The summed E-state index contributed by atoms with van der Waals surface area (Å²) in [5.74, 6) is -0.980. The van der Waals surface area contributed by atoms with Crippen molar-refractivity contribution < 1.29 is 35.8 Å². The molecule has 1 aliphatic carbocycles. The molecular formula is C18H18N2O10S2. The number of benzene rings is 2. The number of nitrogens with zero attached hydrogens (tertiary/aromatic N) is 2. The molecule has 0 unspecified atom stereocenters. The number of rotatable bonds is 6. The van der Waals surface area contributed by atoms with E-state index in [1.165, 1.54) is 0 Å². The first kappa shape index (κ1) is 23.7. The van der Waals surface area contributed by atoms with Gasteiger partial charge in [-0.25, -0.2) is 0 Å². The van der Waals surface area contributed by atoms with Crippen LogP contribution in [0.1, 0.15) is 48.6 Å². The molecule has 0 atom stereocenters. The van der Waals surface area contributed by atoms with Gasteiger partial charge in [0.2, 0.25) is 0 Å². The maximum absolute atomic E-state index is 11.7. The van der Waals surface area contributed by atoms with Gasteiger partial charge in [-0.15, -0.1) is 0 Å². The molecule has 0 saturated heterocycles. The van der Waals surface area contributed by atoms with Gasteiger partial charge in [0.05, 0.1) is 19.6 Å². The summed E-state index contributed by atoms with van der Waals surface area (Å²) < 4.78 is 66.0. The lowest BCUT2D eigenvalue weighted by molar-refractivity contribution is -0.385. The van der Waals surface area contributed by atoms with Crippen molar-refractivity contribution in [1.82, 2.24) is 0 Å². The SMILES string of the molecule is O=[N+]([O-])c1ccc(S(=O)(=O)O)c(C2CCC(c3cc([N+](=O)[O-])ccc3S(=O)(=O)O)CC2)c1. The highest BCUT2D eigenvalue weighted by molar-refractivity contribution is 7.86. The molecule has 0 bridgehead atoms. The second kappa shape index (κ2) is 8.54. The Morgan fingerprint density at radius 1 is 0.688 bits per heavy atom. The van der Waals surface area contributed by atoms with Crippen LogP contribution in [0.15, 0.2) is 46.2 Å². The van der Waals surface area contributed by atoms with Crippen LogP contribution in [0.5, 0.6) is 0 Å². The van der Waals surface area contributed by atoms with E-state index < -0.39 is 51.7 Å². The fraction of sp³-hybridized carbons (Fsp3) is 0.333. The van der Waals surface area contributed by atoms with Crippen molar-refractivity contribution in [3.63, 3.8) is 0 Å². The van der Waals surface area contributed by atoms with Gasteiger partial charge in [0, 0.05) is 24.3 Å². The minimum atomic E-state index is -4.64. The lowest BCUT2D eigenvalue weighted by atomic mass is 9.76. The summed E-state index contributed by atoms with van der Waals surface area (Å²) in [5, 5.41) is 22.2. The third kappa shape index (κ3) is 4.93. The number of hydrogen-bond donors (Lipinski definition) is 2. The predicted octanol–water partition coefficient (Wildman–Crippen LogP) is 3.44. The molecule has 0 amide bonds. The number of nitro benzene ring substituents is 2. The summed E-state index contributed by atoms with van der Waals surface area (Å²) in [6.07, 6.45) is 1.06. The lowest BCUT2D eigenvalue weighted by Gasteiger charge is -2.30. The highest BCUT2D eigenvalue weighted by Crippen LogP contribution is 2.44. The summed E-state index contributed by atoms with van der Waals surface area (Å²) in [6, 6.07) is 6.05. The molecule has 0 heterocycles. The zero-order valence-corrected chi connectivity index (χ0v) is 18.0. The molecule has 172 valence electrons. The monoisotopic (exact) mass is 486 g/mol. The Bertz CT molecular complexity index is 1200. The van der Waals surface area contributed by atoms with E-state index in [0.29, 0.717) is 0 Å². The quantitative estimate of drug-likeness (QED) is 0.347. The Balaban J connectivity index is 1.96. The molecule has 1 fully saturated rings. The zero-order valence-electron chi connectivity index (χ0n) is 16.3. The van der Waals surface area contributed by atoms with Crippen LogP contribution in [0.4, 0.5) is 11.4 Å². The summed E-state index contributed by atoms with van der Waals surface area (Å²) >= 11 is 0. The average Bonchev–Trinajstić information content (AvgIpc) is 2.71. The van der Waals surface area contributed by atoms with E-state index in [9.17, 15) is 46.2 Å². The van der Waals surface area contributed by atoms with Crippen molar-refractivity contribution in [3.8, 4) is 0 Å². The fourth-order valence-electron chi connectivity index (χ4n) is 4.12. The predicted molar refractivity (Wildman–Crippen MR) is 110 cm³/mol.